The molecule has 5 atom stereocenters. The number of hydrazine groups is 1. The van der Waals surface area contributed by atoms with Crippen LogP contribution < -0.4 is 16.1 Å². The number of pyridine rings is 1. The zero-order valence-corrected chi connectivity index (χ0v) is 41.6. The molecule has 15 heteroatoms. The number of aromatic nitrogens is 2. The molecule has 3 saturated heterocycles. The van der Waals surface area contributed by atoms with Gasteiger partial charge in [-0.15, -0.1) is 0 Å². The first-order chi connectivity index (χ1) is 33.0. The standard InChI is InChI=1S/C54H70N8O7/c1-10-46(63)60-21-19-37(30-60)51(65)59(8)48(32(3)4)50(64)57-44-23-34-14-12-15-35(22-34)36-17-18-45-40(24-36)42(26-54(6,7)31-69-53(67)43-16-13-20-62(58-43)52(44)66)49(61(45)11-2)41-25-38(39-27-55-28-39)29-56-47(41)33(5)68-9/h10,12,14-15,17-18,22,24-25,29,32-33,37,39,43-44,48,55,58H,1,11,13,16,19-21,23,26-28,30-31H2,2-9H3,(H,57,64)/t33-,37?,43-,44-,48-/m0/s1. The molecule has 2 aromatic heterocycles. The van der Waals surface area contributed by atoms with Gasteiger partial charge in [0.25, 0.3) is 5.91 Å². The van der Waals surface area contributed by atoms with Crippen LogP contribution in [0.2, 0.25) is 0 Å². The first-order valence-electron chi connectivity index (χ1n) is 24.7. The Morgan fingerprint density at radius 3 is 2.52 bits per heavy atom. The summed E-state index contributed by atoms with van der Waals surface area (Å²) in [5.41, 5.74) is 11.8. The van der Waals surface area contributed by atoms with Gasteiger partial charge in [0.05, 0.1) is 30.0 Å². The van der Waals surface area contributed by atoms with Crippen LogP contribution in [-0.4, -0.2) is 126 Å². The van der Waals surface area contributed by atoms with E-state index in [-0.39, 0.29) is 43.4 Å². The van der Waals surface area contributed by atoms with Crippen molar-refractivity contribution in [2.45, 2.75) is 110 Å². The minimum Gasteiger partial charge on any atom is -0.464 e. The van der Waals surface area contributed by atoms with Crippen molar-refractivity contribution in [3.05, 3.63) is 89.8 Å². The van der Waals surface area contributed by atoms with Crippen molar-refractivity contribution in [1.82, 2.24) is 40.4 Å². The number of aryl methyl sites for hydroxylation is 1. The Labute approximate surface area is 406 Å². The van der Waals surface area contributed by atoms with Gasteiger partial charge in [-0.3, -0.25) is 34.0 Å². The third kappa shape index (κ3) is 10.2. The van der Waals surface area contributed by atoms with Crippen LogP contribution in [0.3, 0.4) is 0 Å². The van der Waals surface area contributed by atoms with E-state index >= 15 is 0 Å². The highest BCUT2D eigenvalue weighted by molar-refractivity contribution is 5.96. The number of carbonyl (C=O) groups excluding carboxylic acids is 5. The molecule has 15 nitrogen and oxygen atoms in total. The molecule has 4 amide bonds. The van der Waals surface area contributed by atoms with E-state index in [0.29, 0.717) is 51.2 Å². The zero-order valence-electron chi connectivity index (χ0n) is 41.6. The third-order valence-electron chi connectivity index (χ3n) is 14.7. The normalized spacial score (nSPS) is 21.8. The van der Waals surface area contributed by atoms with Gasteiger partial charge in [-0.2, -0.15) is 0 Å². The van der Waals surface area contributed by atoms with Gasteiger partial charge in [0.2, 0.25) is 17.7 Å². The molecule has 4 aliphatic heterocycles. The summed E-state index contributed by atoms with van der Waals surface area (Å²) in [5, 5.41) is 9.02. The predicted octanol–water partition coefficient (Wildman–Crippen LogP) is 5.95. The van der Waals surface area contributed by atoms with E-state index in [9.17, 15) is 24.0 Å². The Morgan fingerprint density at radius 2 is 1.83 bits per heavy atom. The first kappa shape index (κ1) is 49.5. The fraction of sp³-hybridized carbons (Fsp3) is 0.519. The second kappa shape index (κ2) is 20.6. The molecule has 6 bridgehead atoms. The van der Waals surface area contributed by atoms with Crippen molar-refractivity contribution in [3.8, 4) is 22.4 Å². The van der Waals surface area contributed by atoms with E-state index in [1.807, 2.05) is 39.1 Å². The molecular weight excluding hydrogens is 873 g/mol. The largest absolute Gasteiger partial charge is 0.464 e. The Morgan fingerprint density at radius 1 is 1.06 bits per heavy atom. The summed E-state index contributed by atoms with van der Waals surface area (Å²) in [5.74, 6) is -2.19. The molecule has 368 valence electrons. The van der Waals surface area contributed by atoms with Gasteiger partial charge in [-0.25, -0.2) is 5.43 Å². The van der Waals surface area contributed by atoms with E-state index in [4.69, 9.17) is 14.5 Å². The number of fused-ring (bicyclic) bond motifs is 6. The van der Waals surface area contributed by atoms with Crippen molar-refractivity contribution in [1.29, 1.82) is 0 Å². The summed E-state index contributed by atoms with van der Waals surface area (Å²) in [6.45, 7) is 19.4. The van der Waals surface area contributed by atoms with Crippen LogP contribution in [0.25, 0.3) is 33.3 Å². The van der Waals surface area contributed by atoms with Crippen molar-refractivity contribution in [3.63, 3.8) is 0 Å². The number of likely N-dealkylation sites (N-methyl/N-ethyl adjacent to an activating group) is 1. The molecule has 0 aliphatic carbocycles. The van der Waals surface area contributed by atoms with Crippen LogP contribution in [0.5, 0.6) is 0 Å². The Balaban J connectivity index is 1.20. The van der Waals surface area contributed by atoms with Crippen molar-refractivity contribution < 1.29 is 33.4 Å². The number of carbonyl (C=O) groups is 5. The van der Waals surface area contributed by atoms with E-state index in [0.717, 1.165) is 63.2 Å². The Kier molecular flexibility index (Phi) is 14.8. The highest BCUT2D eigenvalue weighted by Gasteiger charge is 2.40. The van der Waals surface area contributed by atoms with E-state index in [2.05, 4.69) is 84.4 Å². The number of amides is 4. The van der Waals surface area contributed by atoms with E-state index < -0.39 is 47.2 Å². The molecule has 4 aliphatic rings. The van der Waals surface area contributed by atoms with Crippen LogP contribution in [-0.2, 0) is 52.8 Å². The van der Waals surface area contributed by atoms with Gasteiger partial charge in [0.15, 0.2) is 0 Å². The molecule has 3 N–H and O–H groups in total. The van der Waals surface area contributed by atoms with Crippen LogP contribution in [0, 0.1) is 17.3 Å². The molecular formula is C54H70N8O7. The Bertz CT molecular complexity index is 2620. The summed E-state index contributed by atoms with van der Waals surface area (Å²) in [4.78, 5) is 77.8. The number of hydrogen-bond donors (Lipinski definition) is 3. The van der Waals surface area contributed by atoms with Gasteiger partial charge < -0.3 is 34.5 Å². The van der Waals surface area contributed by atoms with Gasteiger partial charge >= 0.3 is 5.97 Å². The fourth-order valence-corrected chi connectivity index (χ4v) is 10.7. The monoisotopic (exact) mass is 943 g/mol. The summed E-state index contributed by atoms with van der Waals surface area (Å²) in [6.07, 6.45) is 5.21. The number of methoxy groups -OCH3 is 1. The average Bonchev–Trinajstić information content (AvgIpc) is 3.94. The molecule has 0 saturated carbocycles. The number of cyclic esters (lactones) is 1. The smallest absolute Gasteiger partial charge is 0.324 e. The third-order valence-corrected chi connectivity index (χ3v) is 14.7. The number of likely N-dealkylation sites (tertiary alicyclic amines) is 1. The molecule has 4 aromatic rings. The second-order valence-electron chi connectivity index (χ2n) is 20.6. The van der Waals surface area contributed by atoms with Crippen molar-refractivity contribution in [2.75, 3.05) is 53.5 Å². The van der Waals surface area contributed by atoms with Gasteiger partial charge in [-0.1, -0.05) is 64.6 Å². The van der Waals surface area contributed by atoms with Crippen molar-refractivity contribution in [2.24, 2.45) is 17.3 Å². The molecule has 69 heavy (non-hydrogen) atoms. The number of benzene rings is 2. The minimum absolute atomic E-state index is 0.135. The summed E-state index contributed by atoms with van der Waals surface area (Å²) >= 11 is 0. The molecule has 2 aromatic carbocycles. The number of esters is 1. The summed E-state index contributed by atoms with van der Waals surface area (Å²) in [7, 11) is 3.33. The van der Waals surface area contributed by atoms with Crippen LogP contribution >= 0.6 is 0 Å². The second-order valence-corrected chi connectivity index (χ2v) is 20.6. The predicted molar refractivity (Wildman–Crippen MR) is 266 cm³/mol. The maximum atomic E-state index is 14.8. The van der Waals surface area contributed by atoms with Gasteiger partial charge in [-0.05, 0) is 97.5 Å². The van der Waals surface area contributed by atoms with Crippen LogP contribution in [0.15, 0.2) is 67.4 Å². The van der Waals surface area contributed by atoms with Crippen molar-refractivity contribution >= 4 is 40.5 Å². The maximum absolute atomic E-state index is 14.8. The molecule has 3 fully saturated rings. The number of rotatable bonds is 11. The topological polar surface area (TPSA) is 167 Å². The van der Waals surface area contributed by atoms with E-state index in [1.165, 1.54) is 21.5 Å². The molecule has 8 rings (SSSR count). The minimum atomic E-state index is -1.05. The van der Waals surface area contributed by atoms with Crippen LogP contribution in [0.1, 0.15) is 95.2 Å². The maximum Gasteiger partial charge on any atom is 0.324 e. The lowest BCUT2D eigenvalue weighted by atomic mass is 9.83. The number of ether oxygens (including phenoxy) is 2. The van der Waals surface area contributed by atoms with Gasteiger partial charge in [0, 0.05) is 93.8 Å². The Hall–Kier alpha value is -5.90. The van der Waals surface area contributed by atoms with Gasteiger partial charge in [0.1, 0.15) is 18.1 Å². The number of hydrogen-bond acceptors (Lipinski definition) is 10. The van der Waals surface area contributed by atoms with E-state index in [1.54, 1.807) is 19.1 Å². The lowest BCUT2D eigenvalue weighted by Gasteiger charge is -2.37. The SMILES string of the molecule is C=CC(=O)N1CCC(C(=O)N(C)[C@H](C(=O)N[C@H]2Cc3cccc(c3)-c3ccc4c(c3)c(c(-c3cc(C5CNC5)cnc3[C@H](C)OC)n4CC)CC(C)(C)COC(=O)[C@@H]3CCCN(N3)C2=O)C(C)C)C1. The molecule has 0 radical (unpaired) electrons. The number of nitrogens with one attached hydrogen (secondary N) is 3. The highest BCUT2D eigenvalue weighted by Crippen LogP contribution is 2.43. The fourth-order valence-electron chi connectivity index (χ4n) is 10.7. The lowest BCUT2D eigenvalue weighted by Crippen LogP contribution is -2.62. The molecule has 0 spiro atoms. The summed E-state index contributed by atoms with van der Waals surface area (Å²) < 4.78 is 14.5. The van der Waals surface area contributed by atoms with Crippen LogP contribution in [0.4, 0.5) is 0 Å². The zero-order chi connectivity index (χ0) is 49.3. The average molecular weight is 943 g/mol. The quantitative estimate of drug-likeness (QED) is 0.121. The number of nitrogens with zero attached hydrogens (tertiary/aromatic N) is 5. The molecule has 1 unspecified atom stereocenters. The first-order valence-corrected chi connectivity index (χ1v) is 24.7. The lowest BCUT2D eigenvalue weighted by molar-refractivity contribution is -0.155. The highest BCUT2D eigenvalue weighted by atomic mass is 16.5. The summed E-state index contributed by atoms with van der Waals surface area (Å²) in [6, 6.07) is 14.2. The molecule has 6 heterocycles.